The van der Waals surface area contributed by atoms with Crippen molar-refractivity contribution in [2.75, 3.05) is 6.54 Å². The minimum Gasteiger partial charge on any atom is -0.335 e. The van der Waals surface area contributed by atoms with E-state index >= 15 is 0 Å². The van der Waals surface area contributed by atoms with Crippen LogP contribution in [0.4, 0.5) is 0 Å². The molecule has 1 aliphatic rings. The summed E-state index contributed by atoms with van der Waals surface area (Å²) < 4.78 is 0. The van der Waals surface area contributed by atoms with Crippen molar-refractivity contribution in [1.29, 1.82) is 0 Å². The summed E-state index contributed by atoms with van der Waals surface area (Å²) in [6.07, 6.45) is 3.85. The van der Waals surface area contributed by atoms with E-state index in [4.69, 9.17) is 0 Å². The first-order valence-corrected chi connectivity index (χ1v) is 10.7. The van der Waals surface area contributed by atoms with Gasteiger partial charge in [-0.2, -0.15) is 0 Å². The highest BCUT2D eigenvalue weighted by molar-refractivity contribution is 7.18. The molecule has 1 amide bonds. The van der Waals surface area contributed by atoms with Gasteiger partial charge in [-0.3, -0.25) is 9.59 Å². The molecule has 0 saturated heterocycles. The van der Waals surface area contributed by atoms with E-state index in [1.807, 2.05) is 36.9 Å². The Morgan fingerprint density at radius 3 is 2.68 bits per heavy atom. The molecule has 6 heteroatoms. The average molecular weight is 396 g/mol. The van der Waals surface area contributed by atoms with Crippen LogP contribution in [0, 0.1) is 19.8 Å². The van der Waals surface area contributed by atoms with Crippen LogP contribution in [0.15, 0.2) is 35.1 Å². The van der Waals surface area contributed by atoms with Crippen molar-refractivity contribution in [2.45, 2.75) is 46.1 Å². The number of nitrogens with zero attached hydrogens (tertiary/aromatic N) is 2. The molecule has 0 radical (unpaired) electrons. The molecular weight excluding hydrogens is 370 g/mol. The number of carbonyl (C=O) groups excluding carboxylic acids is 1. The Morgan fingerprint density at radius 2 is 2.00 bits per heavy atom. The third-order valence-corrected chi connectivity index (χ3v) is 6.81. The number of carbonyl (C=O) groups is 1. The lowest BCUT2D eigenvalue weighted by molar-refractivity contribution is -0.138. The number of thiophene rings is 1. The molecular formula is C22H25N3O2S. The first-order chi connectivity index (χ1) is 13.5. The molecule has 4 rings (SSSR count). The molecule has 3 aromatic rings. The second kappa shape index (κ2) is 7.87. The number of aromatic nitrogens is 2. The molecule has 0 atom stereocenters. The van der Waals surface area contributed by atoms with E-state index in [1.54, 1.807) is 11.3 Å². The van der Waals surface area contributed by atoms with Crippen LogP contribution in [0.25, 0.3) is 10.2 Å². The van der Waals surface area contributed by atoms with Crippen LogP contribution in [0.5, 0.6) is 0 Å². The maximum atomic E-state index is 13.0. The second-order valence-corrected chi connectivity index (χ2v) is 8.80. The topological polar surface area (TPSA) is 66.1 Å². The SMILES string of the molecule is Cc1sc2nc(CN(CCc3ccccc3)C(=O)C3CCC3)[nH]c(=O)c2c1C. The van der Waals surface area contributed by atoms with E-state index in [2.05, 4.69) is 22.1 Å². The Balaban J connectivity index is 1.58. The predicted octanol–water partition coefficient (Wildman–Crippen LogP) is 3.97. The van der Waals surface area contributed by atoms with Crippen molar-refractivity contribution < 1.29 is 4.79 Å². The van der Waals surface area contributed by atoms with Crippen molar-refractivity contribution in [3.63, 3.8) is 0 Å². The Kier molecular flexibility index (Phi) is 5.31. The van der Waals surface area contributed by atoms with E-state index < -0.39 is 0 Å². The van der Waals surface area contributed by atoms with E-state index in [1.165, 1.54) is 5.56 Å². The minimum atomic E-state index is -0.110. The molecule has 1 fully saturated rings. The summed E-state index contributed by atoms with van der Waals surface area (Å²) in [4.78, 5) is 36.9. The number of H-pyrrole nitrogens is 1. The summed E-state index contributed by atoms with van der Waals surface area (Å²) in [7, 11) is 0. The third-order valence-electron chi connectivity index (χ3n) is 5.71. The zero-order valence-corrected chi connectivity index (χ0v) is 17.1. The quantitative estimate of drug-likeness (QED) is 0.687. The second-order valence-electron chi connectivity index (χ2n) is 7.60. The maximum absolute atomic E-state index is 13.0. The lowest BCUT2D eigenvalue weighted by Crippen LogP contribution is -2.40. The van der Waals surface area contributed by atoms with Crippen LogP contribution in [0.2, 0.25) is 0 Å². The van der Waals surface area contributed by atoms with Crippen LogP contribution in [0.3, 0.4) is 0 Å². The molecule has 2 aromatic heterocycles. The zero-order valence-electron chi connectivity index (χ0n) is 16.3. The molecule has 1 aromatic carbocycles. The van der Waals surface area contributed by atoms with Gasteiger partial charge >= 0.3 is 0 Å². The van der Waals surface area contributed by atoms with E-state index in [-0.39, 0.29) is 17.4 Å². The molecule has 0 unspecified atom stereocenters. The number of hydrogen-bond acceptors (Lipinski definition) is 4. The monoisotopic (exact) mass is 395 g/mol. The molecule has 1 saturated carbocycles. The number of fused-ring (bicyclic) bond motifs is 1. The summed E-state index contributed by atoms with van der Waals surface area (Å²) in [6.45, 7) is 4.94. The first-order valence-electron chi connectivity index (χ1n) is 9.84. The molecule has 5 nitrogen and oxygen atoms in total. The lowest BCUT2D eigenvalue weighted by atomic mass is 9.84. The fourth-order valence-electron chi connectivity index (χ4n) is 3.64. The van der Waals surface area contributed by atoms with Gasteiger partial charge < -0.3 is 9.88 Å². The van der Waals surface area contributed by atoms with Gasteiger partial charge in [-0.1, -0.05) is 36.8 Å². The van der Waals surface area contributed by atoms with Crippen molar-refractivity contribution in [2.24, 2.45) is 5.92 Å². The highest BCUT2D eigenvalue weighted by Gasteiger charge is 2.29. The Hall–Kier alpha value is -2.47. The van der Waals surface area contributed by atoms with E-state index in [0.29, 0.717) is 24.3 Å². The van der Waals surface area contributed by atoms with Crippen molar-refractivity contribution >= 4 is 27.5 Å². The standard InChI is InChI=1S/C22H25N3O2S/c1-14-15(2)28-21-19(14)20(26)23-18(24-21)13-25(22(27)17-9-6-10-17)12-11-16-7-4-3-5-8-16/h3-5,7-8,17H,6,9-13H2,1-2H3,(H,23,24,26). The number of rotatable bonds is 6. The normalized spacial score (nSPS) is 14.2. The van der Waals surface area contributed by atoms with E-state index in [9.17, 15) is 9.59 Å². The van der Waals surface area contributed by atoms with Gasteiger partial charge in [0.05, 0.1) is 11.9 Å². The van der Waals surface area contributed by atoms with Gasteiger partial charge in [0.2, 0.25) is 5.91 Å². The smallest absolute Gasteiger partial charge is 0.259 e. The highest BCUT2D eigenvalue weighted by Crippen LogP contribution is 2.29. The molecule has 1 N–H and O–H groups in total. The largest absolute Gasteiger partial charge is 0.335 e. The van der Waals surface area contributed by atoms with Crippen molar-refractivity contribution in [3.8, 4) is 0 Å². The van der Waals surface area contributed by atoms with Gasteiger partial charge in [0, 0.05) is 17.3 Å². The van der Waals surface area contributed by atoms with Crippen LogP contribution < -0.4 is 5.56 Å². The number of benzene rings is 1. The predicted molar refractivity (Wildman–Crippen MR) is 113 cm³/mol. The molecule has 0 bridgehead atoms. The minimum absolute atomic E-state index is 0.110. The molecule has 28 heavy (non-hydrogen) atoms. The number of nitrogens with one attached hydrogen (secondary N) is 1. The summed E-state index contributed by atoms with van der Waals surface area (Å²) in [5.74, 6) is 0.875. The van der Waals surface area contributed by atoms with Gasteiger partial charge in [-0.15, -0.1) is 11.3 Å². The molecule has 0 aliphatic heterocycles. The number of aromatic amines is 1. The lowest BCUT2D eigenvalue weighted by Gasteiger charge is -2.31. The molecule has 146 valence electrons. The number of hydrogen-bond donors (Lipinski definition) is 1. The molecule has 1 aliphatic carbocycles. The van der Waals surface area contributed by atoms with Crippen LogP contribution in [0.1, 0.15) is 41.1 Å². The Morgan fingerprint density at radius 1 is 1.25 bits per heavy atom. The highest BCUT2D eigenvalue weighted by atomic mass is 32.1. The van der Waals surface area contributed by atoms with Gasteiger partial charge in [0.25, 0.3) is 5.56 Å². The van der Waals surface area contributed by atoms with E-state index in [0.717, 1.165) is 41.0 Å². The van der Waals surface area contributed by atoms with Crippen LogP contribution >= 0.6 is 11.3 Å². The average Bonchev–Trinajstić information content (AvgIpc) is 2.92. The third kappa shape index (κ3) is 3.74. The Bertz CT molecular complexity index is 1050. The van der Waals surface area contributed by atoms with Gasteiger partial charge in [-0.05, 0) is 44.2 Å². The van der Waals surface area contributed by atoms with Crippen molar-refractivity contribution in [3.05, 3.63) is 62.5 Å². The van der Waals surface area contributed by atoms with Crippen LogP contribution in [-0.4, -0.2) is 27.3 Å². The number of aryl methyl sites for hydroxylation is 2. The fourth-order valence-corrected chi connectivity index (χ4v) is 4.69. The van der Waals surface area contributed by atoms with Gasteiger partial charge in [0.1, 0.15) is 10.7 Å². The molecule has 2 heterocycles. The fraction of sp³-hybridized carbons (Fsp3) is 0.409. The number of amides is 1. The van der Waals surface area contributed by atoms with Crippen LogP contribution in [-0.2, 0) is 17.8 Å². The zero-order chi connectivity index (χ0) is 19.7. The maximum Gasteiger partial charge on any atom is 0.259 e. The summed E-state index contributed by atoms with van der Waals surface area (Å²) in [5, 5.41) is 0.674. The van der Waals surface area contributed by atoms with Crippen molar-refractivity contribution in [1.82, 2.24) is 14.9 Å². The summed E-state index contributed by atoms with van der Waals surface area (Å²) in [5.41, 5.74) is 2.09. The Labute approximate surface area is 168 Å². The summed E-state index contributed by atoms with van der Waals surface area (Å²) in [6, 6.07) is 10.2. The van der Waals surface area contributed by atoms with Gasteiger partial charge in [-0.25, -0.2) is 4.98 Å². The summed E-state index contributed by atoms with van der Waals surface area (Å²) >= 11 is 1.54. The molecule has 0 spiro atoms. The first kappa shape index (κ1) is 18.9. The van der Waals surface area contributed by atoms with Gasteiger partial charge in [0.15, 0.2) is 0 Å².